The molecule has 4 aromatic rings. The highest BCUT2D eigenvalue weighted by molar-refractivity contribution is 7.22. The van der Waals surface area contributed by atoms with Crippen LogP contribution in [0.2, 0.25) is 0 Å². The zero-order chi connectivity index (χ0) is 20.5. The second-order valence-electron chi connectivity index (χ2n) is 6.84. The largest absolute Gasteiger partial charge is 0.496 e. The molecule has 0 bridgehead atoms. The first kappa shape index (κ1) is 18.7. The van der Waals surface area contributed by atoms with E-state index in [9.17, 15) is 0 Å². The average molecular weight is 420 g/mol. The number of fused-ring (bicyclic) bond motifs is 1. The summed E-state index contributed by atoms with van der Waals surface area (Å²) in [5, 5.41) is 0. The third kappa shape index (κ3) is 3.42. The van der Waals surface area contributed by atoms with Crippen molar-refractivity contribution >= 4 is 33.2 Å². The van der Waals surface area contributed by atoms with Crippen LogP contribution in [-0.4, -0.2) is 53.3 Å². The summed E-state index contributed by atoms with van der Waals surface area (Å²) in [4.78, 5) is 21.5. The van der Waals surface area contributed by atoms with Crippen molar-refractivity contribution in [3.05, 3.63) is 42.9 Å². The summed E-state index contributed by atoms with van der Waals surface area (Å²) in [7, 11) is 1.66. The minimum Gasteiger partial charge on any atom is -0.496 e. The number of rotatable bonds is 4. The van der Waals surface area contributed by atoms with E-state index in [0.717, 1.165) is 50.9 Å². The maximum absolute atomic E-state index is 5.75. The van der Waals surface area contributed by atoms with Gasteiger partial charge in [0, 0.05) is 42.1 Å². The van der Waals surface area contributed by atoms with Gasteiger partial charge < -0.3 is 20.1 Å². The van der Waals surface area contributed by atoms with Crippen LogP contribution in [0.4, 0.5) is 11.6 Å². The molecule has 1 saturated heterocycles. The fraction of sp³-hybridized carbons (Fsp3) is 0.238. The van der Waals surface area contributed by atoms with Gasteiger partial charge in [-0.3, -0.25) is 4.98 Å². The predicted molar refractivity (Wildman–Crippen MR) is 118 cm³/mol. The number of nitrogen functional groups attached to an aromatic ring is 1. The highest BCUT2D eigenvalue weighted by Gasteiger charge is 2.21. The van der Waals surface area contributed by atoms with E-state index in [-0.39, 0.29) is 0 Å². The molecule has 0 aromatic carbocycles. The molecule has 5 heterocycles. The summed E-state index contributed by atoms with van der Waals surface area (Å²) >= 11 is 1.64. The Morgan fingerprint density at radius 1 is 1.13 bits per heavy atom. The molecule has 0 aliphatic carbocycles. The van der Waals surface area contributed by atoms with E-state index in [4.69, 9.17) is 25.2 Å². The molecule has 2 N–H and O–H groups in total. The van der Waals surface area contributed by atoms with Gasteiger partial charge in [-0.1, -0.05) is 0 Å². The molecule has 0 atom stereocenters. The summed E-state index contributed by atoms with van der Waals surface area (Å²) < 4.78 is 12.1. The van der Waals surface area contributed by atoms with Crippen LogP contribution in [0.5, 0.6) is 5.75 Å². The van der Waals surface area contributed by atoms with E-state index in [2.05, 4.69) is 20.9 Å². The van der Waals surface area contributed by atoms with Gasteiger partial charge >= 0.3 is 0 Å². The highest BCUT2D eigenvalue weighted by Crippen LogP contribution is 2.41. The fourth-order valence-corrected chi connectivity index (χ4v) is 4.58. The maximum atomic E-state index is 5.75. The number of aromatic nitrogens is 4. The number of nitrogens with two attached hydrogens (primary N) is 1. The SMILES string of the molecule is COc1ccncc1-c1cc2nc(-c3ccc(N)nc3)nc(N3CCOCC3)c2s1. The van der Waals surface area contributed by atoms with Gasteiger partial charge in [0.1, 0.15) is 11.6 Å². The predicted octanol–water partition coefficient (Wildman–Crippen LogP) is 3.24. The number of nitrogens with zero attached hydrogens (tertiary/aromatic N) is 5. The van der Waals surface area contributed by atoms with Gasteiger partial charge in [0.15, 0.2) is 11.6 Å². The Bertz CT molecular complexity index is 1190. The first-order valence-corrected chi connectivity index (χ1v) is 10.4. The van der Waals surface area contributed by atoms with Gasteiger partial charge in [-0.25, -0.2) is 15.0 Å². The molecule has 1 fully saturated rings. The minimum absolute atomic E-state index is 0.467. The second kappa shape index (κ2) is 7.85. The first-order chi connectivity index (χ1) is 14.7. The van der Waals surface area contributed by atoms with E-state index in [0.29, 0.717) is 24.9 Å². The van der Waals surface area contributed by atoms with Crippen molar-refractivity contribution in [1.29, 1.82) is 0 Å². The van der Waals surface area contributed by atoms with Crippen molar-refractivity contribution < 1.29 is 9.47 Å². The highest BCUT2D eigenvalue weighted by atomic mass is 32.1. The van der Waals surface area contributed by atoms with Gasteiger partial charge in [0.2, 0.25) is 0 Å². The Morgan fingerprint density at radius 2 is 2.00 bits per heavy atom. The monoisotopic (exact) mass is 420 g/mol. The number of thiophene rings is 1. The standard InChI is InChI=1S/C21H20N6O2S/c1-28-16-4-5-23-12-14(16)17-10-15-19(30-17)21(27-6-8-29-9-7-27)26-20(25-15)13-2-3-18(22)24-11-13/h2-5,10-12H,6-9H2,1H3,(H2,22,24). The number of hydrogen-bond donors (Lipinski definition) is 1. The zero-order valence-corrected chi connectivity index (χ0v) is 17.2. The molecule has 30 heavy (non-hydrogen) atoms. The maximum Gasteiger partial charge on any atom is 0.163 e. The number of ether oxygens (including phenoxy) is 2. The lowest BCUT2D eigenvalue weighted by Gasteiger charge is -2.28. The first-order valence-electron chi connectivity index (χ1n) is 9.57. The normalized spacial score (nSPS) is 14.2. The molecular weight excluding hydrogens is 400 g/mol. The summed E-state index contributed by atoms with van der Waals surface area (Å²) in [6.07, 6.45) is 5.24. The third-order valence-corrected chi connectivity index (χ3v) is 6.13. The van der Waals surface area contributed by atoms with E-state index < -0.39 is 0 Å². The lowest BCUT2D eigenvalue weighted by Crippen LogP contribution is -2.36. The van der Waals surface area contributed by atoms with Crippen LogP contribution in [0.25, 0.3) is 32.0 Å². The number of methoxy groups -OCH3 is 1. The van der Waals surface area contributed by atoms with Gasteiger partial charge in [0.05, 0.1) is 36.1 Å². The van der Waals surface area contributed by atoms with Crippen LogP contribution in [0, 0.1) is 0 Å². The molecule has 0 amide bonds. The van der Waals surface area contributed by atoms with E-state index >= 15 is 0 Å². The number of hydrogen-bond acceptors (Lipinski definition) is 9. The van der Waals surface area contributed by atoms with Gasteiger partial charge in [-0.05, 0) is 24.3 Å². The summed E-state index contributed by atoms with van der Waals surface area (Å²) in [5.41, 5.74) is 8.39. The van der Waals surface area contributed by atoms with E-state index in [1.807, 2.05) is 18.3 Å². The molecule has 5 rings (SSSR count). The Balaban J connectivity index is 1.69. The second-order valence-corrected chi connectivity index (χ2v) is 7.90. The smallest absolute Gasteiger partial charge is 0.163 e. The van der Waals surface area contributed by atoms with E-state index in [1.54, 1.807) is 36.9 Å². The van der Waals surface area contributed by atoms with Crippen LogP contribution in [-0.2, 0) is 4.74 Å². The van der Waals surface area contributed by atoms with Crippen LogP contribution < -0.4 is 15.4 Å². The molecule has 0 radical (unpaired) electrons. The van der Waals surface area contributed by atoms with Crippen molar-refractivity contribution in [2.75, 3.05) is 44.0 Å². The molecular formula is C21H20N6O2S. The van der Waals surface area contributed by atoms with Crippen molar-refractivity contribution in [2.24, 2.45) is 0 Å². The number of morpholine rings is 1. The van der Waals surface area contributed by atoms with Crippen LogP contribution in [0.3, 0.4) is 0 Å². The zero-order valence-electron chi connectivity index (χ0n) is 16.4. The molecule has 4 aromatic heterocycles. The molecule has 1 aliphatic rings. The Kier molecular flexibility index (Phi) is 4.89. The van der Waals surface area contributed by atoms with Crippen molar-refractivity contribution in [3.8, 4) is 27.6 Å². The molecule has 8 nitrogen and oxygen atoms in total. The molecule has 1 aliphatic heterocycles. The van der Waals surface area contributed by atoms with Crippen molar-refractivity contribution in [3.63, 3.8) is 0 Å². The Labute approximate surface area is 177 Å². The van der Waals surface area contributed by atoms with Gasteiger partial charge in [-0.15, -0.1) is 11.3 Å². The van der Waals surface area contributed by atoms with E-state index in [1.165, 1.54) is 0 Å². The lowest BCUT2D eigenvalue weighted by atomic mass is 10.2. The molecule has 9 heteroatoms. The molecule has 0 saturated carbocycles. The van der Waals surface area contributed by atoms with Crippen molar-refractivity contribution in [2.45, 2.75) is 0 Å². The van der Waals surface area contributed by atoms with Crippen LogP contribution >= 0.6 is 11.3 Å². The summed E-state index contributed by atoms with van der Waals surface area (Å²) in [6, 6.07) is 7.58. The average Bonchev–Trinajstić information content (AvgIpc) is 3.23. The number of pyridine rings is 2. The van der Waals surface area contributed by atoms with Gasteiger partial charge in [0.25, 0.3) is 0 Å². The Morgan fingerprint density at radius 3 is 2.77 bits per heavy atom. The lowest BCUT2D eigenvalue weighted by molar-refractivity contribution is 0.122. The topological polar surface area (TPSA) is 99.3 Å². The summed E-state index contributed by atoms with van der Waals surface area (Å²) in [6.45, 7) is 2.93. The quantitative estimate of drug-likeness (QED) is 0.537. The third-order valence-electron chi connectivity index (χ3n) is 4.98. The Hall–Kier alpha value is -3.30. The number of anilines is 2. The fourth-order valence-electron chi connectivity index (χ4n) is 3.45. The van der Waals surface area contributed by atoms with Crippen LogP contribution in [0.1, 0.15) is 0 Å². The minimum atomic E-state index is 0.467. The molecule has 0 spiro atoms. The molecule has 0 unspecified atom stereocenters. The van der Waals surface area contributed by atoms with Crippen molar-refractivity contribution in [1.82, 2.24) is 19.9 Å². The summed E-state index contributed by atoms with van der Waals surface area (Å²) in [5.74, 6) is 2.78. The van der Waals surface area contributed by atoms with Crippen LogP contribution in [0.15, 0.2) is 42.9 Å². The van der Waals surface area contributed by atoms with Gasteiger partial charge in [-0.2, -0.15) is 0 Å². The molecule has 152 valence electrons.